The normalized spacial score (nSPS) is 27.5. The molecule has 0 spiro atoms. The van der Waals surface area contributed by atoms with Crippen molar-refractivity contribution in [3.8, 4) is 0 Å². The Morgan fingerprint density at radius 3 is 2.69 bits per heavy atom. The molecule has 0 radical (unpaired) electrons. The molecule has 0 aromatic heterocycles. The largest absolute Gasteiger partial charge is 0.347 e. The molecule has 0 heterocycles. The number of nitrogens with zero attached hydrogens (tertiary/aromatic N) is 1. The number of likely N-dealkylation sites (N-methyl/N-ethyl adjacent to an activating group) is 1. The molecule has 1 fully saturated rings. The lowest BCUT2D eigenvalue weighted by atomic mass is 9.94. The van der Waals surface area contributed by atoms with Gasteiger partial charge in [0.15, 0.2) is 0 Å². The molecule has 1 rings (SSSR count). The van der Waals surface area contributed by atoms with Crippen LogP contribution in [0.1, 0.15) is 32.6 Å². The first-order valence-corrected chi connectivity index (χ1v) is 7.33. The molecule has 0 aromatic rings. The van der Waals surface area contributed by atoms with Gasteiger partial charge >= 0.3 is 0 Å². The summed E-state index contributed by atoms with van der Waals surface area (Å²) in [5, 5.41) is 4.23. The van der Waals surface area contributed by atoms with Crippen LogP contribution in [0.3, 0.4) is 0 Å². The first kappa shape index (κ1) is 13.8. The fraction of sp³-hybridized carbons (Fsp3) is 0.917. The zero-order valence-corrected chi connectivity index (χ0v) is 11.6. The van der Waals surface area contributed by atoms with Gasteiger partial charge in [-0.25, -0.2) is 0 Å². The molecule has 3 unspecified atom stereocenters. The number of nitrogens with one attached hydrogen (secondary N) is 1. The fourth-order valence-corrected chi connectivity index (χ4v) is 3.15. The Kier molecular flexibility index (Phi) is 5.62. The highest BCUT2D eigenvalue weighted by molar-refractivity contribution is 7.99. The third-order valence-corrected chi connectivity index (χ3v) is 4.35. The summed E-state index contributed by atoms with van der Waals surface area (Å²) in [4.78, 5) is 13.4. The van der Waals surface area contributed by atoms with Gasteiger partial charge in [-0.2, -0.15) is 11.8 Å². The summed E-state index contributed by atoms with van der Waals surface area (Å²) < 4.78 is 0. The Balaban J connectivity index is 2.38. The third kappa shape index (κ3) is 3.98. The first-order valence-electron chi connectivity index (χ1n) is 6.04. The van der Waals surface area contributed by atoms with E-state index in [9.17, 15) is 4.79 Å². The molecule has 0 aliphatic heterocycles. The molecule has 0 aromatic carbocycles. The van der Waals surface area contributed by atoms with E-state index >= 15 is 0 Å². The van der Waals surface area contributed by atoms with Crippen LogP contribution in [0.2, 0.25) is 0 Å². The highest BCUT2D eigenvalue weighted by atomic mass is 32.2. The third-order valence-electron chi connectivity index (χ3n) is 3.26. The van der Waals surface area contributed by atoms with Crippen LogP contribution in [-0.4, -0.2) is 48.5 Å². The van der Waals surface area contributed by atoms with Crippen LogP contribution in [0.4, 0.5) is 0 Å². The van der Waals surface area contributed by atoms with Crippen molar-refractivity contribution in [3.63, 3.8) is 0 Å². The van der Waals surface area contributed by atoms with Crippen LogP contribution >= 0.6 is 11.8 Å². The minimum absolute atomic E-state index is 0.0550. The van der Waals surface area contributed by atoms with E-state index < -0.39 is 0 Å². The van der Waals surface area contributed by atoms with Crippen LogP contribution < -0.4 is 5.32 Å². The molecule has 0 bridgehead atoms. The van der Waals surface area contributed by atoms with Crippen molar-refractivity contribution in [1.29, 1.82) is 0 Å². The van der Waals surface area contributed by atoms with Crippen molar-refractivity contribution >= 4 is 17.7 Å². The molecule has 1 aliphatic carbocycles. The minimum Gasteiger partial charge on any atom is -0.347 e. The zero-order valence-electron chi connectivity index (χ0n) is 10.8. The Morgan fingerprint density at radius 2 is 2.12 bits per heavy atom. The Labute approximate surface area is 103 Å². The van der Waals surface area contributed by atoms with Crippen molar-refractivity contribution in [2.24, 2.45) is 0 Å². The highest BCUT2D eigenvalue weighted by Crippen LogP contribution is 2.27. The van der Waals surface area contributed by atoms with Crippen LogP contribution in [0, 0.1) is 0 Å². The van der Waals surface area contributed by atoms with Gasteiger partial charge < -0.3 is 10.2 Å². The van der Waals surface area contributed by atoms with Gasteiger partial charge in [-0.1, -0.05) is 6.42 Å². The lowest BCUT2D eigenvalue weighted by Crippen LogP contribution is -2.47. The molecular weight excluding hydrogens is 220 g/mol. The summed E-state index contributed by atoms with van der Waals surface area (Å²) in [6.07, 6.45) is 7.21. The van der Waals surface area contributed by atoms with E-state index in [1.165, 1.54) is 25.7 Å². The van der Waals surface area contributed by atoms with Crippen LogP contribution in [0.5, 0.6) is 0 Å². The average Bonchev–Trinajstić information content (AvgIpc) is 2.28. The fourth-order valence-electron chi connectivity index (χ4n) is 2.32. The molecule has 94 valence electrons. The summed E-state index contributed by atoms with van der Waals surface area (Å²) in [6.45, 7) is 1.96. The zero-order chi connectivity index (χ0) is 12.1. The van der Waals surface area contributed by atoms with E-state index in [-0.39, 0.29) is 11.9 Å². The summed E-state index contributed by atoms with van der Waals surface area (Å²) in [5.41, 5.74) is 0. The molecule has 1 amide bonds. The van der Waals surface area contributed by atoms with Gasteiger partial charge in [0, 0.05) is 25.4 Å². The van der Waals surface area contributed by atoms with E-state index in [1.807, 2.05) is 32.8 Å². The van der Waals surface area contributed by atoms with E-state index in [1.54, 1.807) is 4.90 Å². The number of rotatable bonds is 4. The van der Waals surface area contributed by atoms with Gasteiger partial charge in [-0.3, -0.25) is 4.79 Å². The van der Waals surface area contributed by atoms with Gasteiger partial charge in [-0.05, 0) is 32.4 Å². The van der Waals surface area contributed by atoms with E-state index in [0.717, 1.165) is 5.25 Å². The maximum atomic E-state index is 11.7. The molecule has 4 heteroatoms. The predicted octanol–water partition coefficient (Wildman–Crippen LogP) is 1.73. The number of hydrogen-bond donors (Lipinski definition) is 1. The monoisotopic (exact) mass is 244 g/mol. The molecule has 0 saturated heterocycles. The lowest BCUT2D eigenvalue weighted by Gasteiger charge is -2.31. The summed E-state index contributed by atoms with van der Waals surface area (Å²) >= 11 is 1.96. The van der Waals surface area contributed by atoms with Gasteiger partial charge in [0.2, 0.25) is 5.91 Å². The number of thioether (sulfide) groups is 1. The molecule has 16 heavy (non-hydrogen) atoms. The van der Waals surface area contributed by atoms with Crippen LogP contribution in [-0.2, 0) is 4.79 Å². The van der Waals surface area contributed by atoms with Gasteiger partial charge in [0.25, 0.3) is 0 Å². The maximum absolute atomic E-state index is 11.7. The summed E-state index contributed by atoms with van der Waals surface area (Å²) in [7, 11) is 3.62. The Bertz CT molecular complexity index is 233. The second kappa shape index (κ2) is 6.50. The number of hydrogen-bond acceptors (Lipinski definition) is 3. The van der Waals surface area contributed by atoms with Gasteiger partial charge in [0.1, 0.15) is 0 Å². The summed E-state index contributed by atoms with van der Waals surface area (Å²) in [6, 6.07) is 0.464. The van der Waals surface area contributed by atoms with E-state index in [0.29, 0.717) is 6.04 Å². The molecule has 1 N–H and O–H groups in total. The Hall–Kier alpha value is -0.220. The average molecular weight is 244 g/mol. The quantitative estimate of drug-likeness (QED) is 0.817. The predicted molar refractivity (Wildman–Crippen MR) is 70.9 cm³/mol. The topological polar surface area (TPSA) is 32.3 Å². The van der Waals surface area contributed by atoms with Gasteiger partial charge in [-0.15, -0.1) is 0 Å². The first-order chi connectivity index (χ1) is 7.54. The Morgan fingerprint density at radius 1 is 1.44 bits per heavy atom. The van der Waals surface area contributed by atoms with E-state index in [2.05, 4.69) is 11.6 Å². The highest BCUT2D eigenvalue weighted by Gasteiger charge is 2.24. The number of carbonyl (C=O) groups excluding carboxylic acids is 1. The smallest absolute Gasteiger partial charge is 0.238 e. The maximum Gasteiger partial charge on any atom is 0.238 e. The molecule has 1 aliphatic rings. The van der Waals surface area contributed by atoms with Crippen molar-refractivity contribution in [1.82, 2.24) is 10.2 Å². The molecule has 3 nitrogen and oxygen atoms in total. The lowest BCUT2D eigenvalue weighted by molar-refractivity contribution is -0.130. The van der Waals surface area contributed by atoms with Crippen molar-refractivity contribution in [2.75, 3.05) is 20.4 Å². The van der Waals surface area contributed by atoms with Crippen molar-refractivity contribution in [2.45, 2.75) is 49.9 Å². The molecule has 1 saturated carbocycles. The summed E-state index contributed by atoms with van der Waals surface area (Å²) in [5.74, 6) is 0.172. The molecular formula is C12H24N2OS. The van der Waals surface area contributed by atoms with Crippen LogP contribution in [0.15, 0.2) is 0 Å². The van der Waals surface area contributed by atoms with Gasteiger partial charge in [0.05, 0.1) is 6.04 Å². The standard InChI is InChI=1S/C12H24N2OS/c1-9(12(15)14(2)3)13-10-6-5-7-11(8-10)16-4/h9-11,13H,5-8H2,1-4H3. The minimum atomic E-state index is -0.0550. The second-order valence-corrected chi connectivity index (χ2v) is 5.98. The van der Waals surface area contributed by atoms with Crippen LogP contribution in [0.25, 0.3) is 0 Å². The number of amides is 1. The van der Waals surface area contributed by atoms with E-state index in [4.69, 9.17) is 0 Å². The SMILES string of the molecule is CSC1CCCC(NC(C)C(=O)N(C)C)C1. The van der Waals surface area contributed by atoms with Crippen molar-refractivity contribution in [3.05, 3.63) is 0 Å². The number of carbonyl (C=O) groups is 1. The molecule has 3 atom stereocenters. The van der Waals surface area contributed by atoms with Crippen molar-refractivity contribution < 1.29 is 4.79 Å². The second-order valence-electron chi connectivity index (χ2n) is 4.84.